The Kier molecular flexibility index (Phi) is 5.01. The first kappa shape index (κ1) is 19.8. The number of carbonyl (C=O) groups is 1. The van der Waals surface area contributed by atoms with Crippen molar-refractivity contribution >= 4 is 56.6 Å². The van der Waals surface area contributed by atoms with E-state index >= 15 is 0 Å². The third kappa shape index (κ3) is 3.50. The number of aromatic hydroxyl groups is 1. The van der Waals surface area contributed by atoms with Crippen LogP contribution in [0.4, 0.5) is 0 Å². The number of carbonyl (C=O) groups excluding carboxylic acids is 1. The SMILES string of the molecule is O=C(N/N=C/c1c(O)c(I)cc2oc3c(c12)CCCC3)c1cc(=O)[nH]c2ccccc12. The number of hydrogen-bond donors (Lipinski definition) is 3. The molecule has 0 radical (unpaired) electrons. The molecule has 0 saturated carbocycles. The molecule has 4 aromatic rings. The summed E-state index contributed by atoms with van der Waals surface area (Å²) in [6, 6.07) is 10.1. The number of nitrogens with one attached hydrogen (secondary N) is 2. The maximum Gasteiger partial charge on any atom is 0.272 e. The van der Waals surface area contributed by atoms with Crippen LogP contribution < -0.4 is 11.0 Å². The highest BCUT2D eigenvalue weighted by molar-refractivity contribution is 14.1. The number of H-pyrrole nitrogens is 1. The topological polar surface area (TPSA) is 108 Å². The number of pyridine rings is 1. The minimum atomic E-state index is -0.505. The summed E-state index contributed by atoms with van der Waals surface area (Å²) in [4.78, 5) is 27.4. The minimum Gasteiger partial charge on any atom is -0.506 e. The van der Waals surface area contributed by atoms with Crippen LogP contribution in [0.5, 0.6) is 5.75 Å². The Balaban J connectivity index is 1.52. The number of para-hydroxylation sites is 1. The third-order valence-corrected chi connectivity index (χ3v) is 6.38. The maximum atomic E-state index is 12.7. The standard InChI is InChI=1S/C23H18IN3O4/c24-16-10-19-21(13-6-2-4-8-18(13)31-19)15(22(16)29)11-25-27-23(30)14-9-20(28)26-17-7-3-1-5-12(14)17/h1,3,5,7,9-11,29H,2,4,6,8H2,(H,26,28)(H,27,30)/b25-11+. The van der Waals surface area contributed by atoms with E-state index in [-0.39, 0.29) is 16.9 Å². The lowest BCUT2D eigenvalue weighted by atomic mass is 9.94. The quantitative estimate of drug-likeness (QED) is 0.211. The average molecular weight is 527 g/mol. The van der Waals surface area contributed by atoms with E-state index < -0.39 is 5.91 Å². The molecule has 1 amide bonds. The van der Waals surface area contributed by atoms with E-state index in [0.717, 1.165) is 42.4 Å². The average Bonchev–Trinajstić information content (AvgIpc) is 3.13. The summed E-state index contributed by atoms with van der Waals surface area (Å²) in [5.41, 5.74) is 5.25. The number of fused-ring (bicyclic) bond motifs is 4. The molecule has 8 heteroatoms. The highest BCUT2D eigenvalue weighted by Gasteiger charge is 2.23. The van der Waals surface area contributed by atoms with Gasteiger partial charge in [0.05, 0.1) is 15.3 Å². The molecule has 2 aromatic carbocycles. The van der Waals surface area contributed by atoms with Gasteiger partial charge in [-0.05, 0) is 54.0 Å². The normalized spacial score (nSPS) is 13.7. The number of amides is 1. The van der Waals surface area contributed by atoms with Crippen molar-refractivity contribution in [2.45, 2.75) is 25.7 Å². The second-order valence-corrected chi connectivity index (χ2v) is 8.66. The number of rotatable bonds is 3. The zero-order chi connectivity index (χ0) is 21.5. The summed E-state index contributed by atoms with van der Waals surface area (Å²) in [6.07, 6.45) is 5.35. The third-order valence-electron chi connectivity index (χ3n) is 5.56. The number of furan rings is 1. The summed E-state index contributed by atoms with van der Waals surface area (Å²) in [5, 5.41) is 16.2. The molecule has 0 aliphatic heterocycles. The molecular weight excluding hydrogens is 509 g/mol. The number of halogens is 1. The smallest absolute Gasteiger partial charge is 0.272 e. The number of benzene rings is 2. The molecule has 0 bridgehead atoms. The molecule has 2 aromatic heterocycles. The monoisotopic (exact) mass is 527 g/mol. The molecule has 0 saturated heterocycles. The van der Waals surface area contributed by atoms with Crippen LogP contribution in [0.1, 0.15) is 40.1 Å². The molecule has 156 valence electrons. The molecule has 5 rings (SSSR count). The molecule has 0 fully saturated rings. The van der Waals surface area contributed by atoms with Crippen molar-refractivity contribution < 1.29 is 14.3 Å². The van der Waals surface area contributed by atoms with Gasteiger partial charge in [-0.3, -0.25) is 9.59 Å². The minimum absolute atomic E-state index is 0.0990. The summed E-state index contributed by atoms with van der Waals surface area (Å²) >= 11 is 2.05. The van der Waals surface area contributed by atoms with Crippen LogP contribution >= 0.6 is 22.6 Å². The van der Waals surface area contributed by atoms with E-state index in [2.05, 4.69) is 15.5 Å². The van der Waals surface area contributed by atoms with E-state index in [1.165, 1.54) is 12.3 Å². The number of phenolic OH excluding ortho intramolecular Hbond substituents is 1. The van der Waals surface area contributed by atoms with Gasteiger partial charge in [-0.25, -0.2) is 5.43 Å². The van der Waals surface area contributed by atoms with Crippen LogP contribution in [0.2, 0.25) is 0 Å². The lowest BCUT2D eigenvalue weighted by molar-refractivity contribution is 0.0956. The summed E-state index contributed by atoms with van der Waals surface area (Å²) in [7, 11) is 0. The Morgan fingerprint density at radius 2 is 2.03 bits per heavy atom. The van der Waals surface area contributed by atoms with Crippen LogP contribution in [0.25, 0.3) is 21.9 Å². The van der Waals surface area contributed by atoms with Crippen LogP contribution in [0.3, 0.4) is 0 Å². The van der Waals surface area contributed by atoms with Crippen molar-refractivity contribution in [2.24, 2.45) is 5.10 Å². The fraction of sp³-hybridized carbons (Fsp3) is 0.174. The Morgan fingerprint density at radius 1 is 1.23 bits per heavy atom. The summed E-state index contributed by atoms with van der Waals surface area (Å²) in [5.74, 6) is 0.548. The highest BCUT2D eigenvalue weighted by Crippen LogP contribution is 2.39. The van der Waals surface area contributed by atoms with Crippen LogP contribution in [-0.4, -0.2) is 22.2 Å². The second-order valence-electron chi connectivity index (χ2n) is 7.50. The number of aryl methyl sites for hydroxylation is 2. The van der Waals surface area contributed by atoms with Gasteiger partial charge in [-0.2, -0.15) is 5.10 Å². The number of aromatic nitrogens is 1. The van der Waals surface area contributed by atoms with Crippen LogP contribution in [0.15, 0.2) is 50.7 Å². The van der Waals surface area contributed by atoms with E-state index in [1.807, 2.05) is 28.7 Å². The van der Waals surface area contributed by atoms with Crippen molar-refractivity contribution in [1.29, 1.82) is 0 Å². The van der Waals surface area contributed by atoms with Crippen molar-refractivity contribution in [2.75, 3.05) is 0 Å². The molecule has 0 spiro atoms. The lowest BCUT2D eigenvalue weighted by Gasteiger charge is -2.10. The molecular formula is C23H18IN3O4. The number of aromatic amines is 1. The number of phenols is 1. The summed E-state index contributed by atoms with van der Waals surface area (Å²) in [6.45, 7) is 0. The molecule has 31 heavy (non-hydrogen) atoms. The largest absolute Gasteiger partial charge is 0.506 e. The Hall–Kier alpha value is -3.14. The number of hydrazone groups is 1. The van der Waals surface area contributed by atoms with E-state index in [9.17, 15) is 14.7 Å². The van der Waals surface area contributed by atoms with E-state index in [4.69, 9.17) is 4.42 Å². The van der Waals surface area contributed by atoms with Crippen molar-refractivity contribution in [3.63, 3.8) is 0 Å². The van der Waals surface area contributed by atoms with Crippen LogP contribution in [0, 0.1) is 3.57 Å². The Bertz CT molecular complexity index is 1430. The first-order valence-electron chi connectivity index (χ1n) is 9.94. The first-order valence-corrected chi connectivity index (χ1v) is 11.0. The van der Waals surface area contributed by atoms with Gasteiger partial charge in [0.2, 0.25) is 5.56 Å². The molecule has 0 atom stereocenters. The van der Waals surface area contributed by atoms with Gasteiger partial charge in [0.25, 0.3) is 5.91 Å². The first-order chi connectivity index (χ1) is 15.0. The van der Waals surface area contributed by atoms with Gasteiger partial charge in [0.1, 0.15) is 17.1 Å². The van der Waals surface area contributed by atoms with Gasteiger partial charge < -0.3 is 14.5 Å². The van der Waals surface area contributed by atoms with Gasteiger partial charge in [0, 0.05) is 39.9 Å². The molecule has 0 unspecified atom stereocenters. The number of hydrogen-bond acceptors (Lipinski definition) is 5. The summed E-state index contributed by atoms with van der Waals surface area (Å²) < 4.78 is 6.67. The van der Waals surface area contributed by atoms with Crippen molar-refractivity contribution in [3.8, 4) is 5.75 Å². The fourth-order valence-corrected chi connectivity index (χ4v) is 4.72. The van der Waals surface area contributed by atoms with E-state index in [1.54, 1.807) is 24.3 Å². The van der Waals surface area contributed by atoms with Gasteiger partial charge in [0.15, 0.2) is 0 Å². The number of nitrogens with zero attached hydrogens (tertiary/aromatic N) is 1. The van der Waals surface area contributed by atoms with Gasteiger partial charge in [-0.15, -0.1) is 0 Å². The zero-order valence-corrected chi connectivity index (χ0v) is 18.5. The van der Waals surface area contributed by atoms with Gasteiger partial charge in [-0.1, -0.05) is 18.2 Å². The zero-order valence-electron chi connectivity index (χ0n) is 16.4. The van der Waals surface area contributed by atoms with Crippen LogP contribution in [-0.2, 0) is 12.8 Å². The molecule has 3 N–H and O–H groups in total. The highest BCUT2D eigenvalue weighted by atomic mass is 127. The molecule has 2 heterocycles. The van der Waals surface area contributed by atoms with E-state index in [0.29, 0.717) is 25.6 Å². The molecule has 1 aliphatic rings. The maximum absolute atomic E-state index is 12.7. The predicted molar refractivity (Wildman–Crippen MR) is 127 cm³/mol. The lowest BCUT2D eigenvalue weighted by Crippen LogP contribution is -2.20. The van der Waals surface area contributed by atoms with Crippen molar-refractivity contribution in [1.82, 2.24) is 10.4 Å². The van der Waals surface area contributed by atoms with Gasteiger partial charge >= 0.3 is 0 Å². The molecule has 1 aliphatic carbocycles. The fourth-order valence-electron chi connectivity index (χ4n) is 4.15. The molecule has 7 nitrogen and oxygen atoms in total. The van der Waals surface area contributed by atoms with Crippen molar-refractivity contribution in [3.05, 3.63) is 72.8 Å². The second kappa shape index (κ2) is 7.84. The predicted octanol–water partition coefficient (Wildman–Crippen LogP) is 4.23. The Labute approximate surface area is 190 Å². The Morgan fingerprint density at radius 3 is 2.90 bits per heavy atom.